The van der Waals surface area contributed by atoms with Gasteiger partial charge in [-0.15, -0.1) is 0 Å². The van der Waals surface area contributed by atoms with Gasteiger partial charge < -0.3 is 5.11 Å². The molecule has 3 fully saturated rings. The summed E-state index contributed by atoms with van der Waals surface area (Å²) in [7, 11) is 0. The molecule has 0 heterocycles. The fourth-order valence-electron chi connectivity index (χ4n) is 7.38. The monoisotopic (exact) mass is 469 g/mol. The van der Waals surface area contributed by atoms with Crippen molar-refractivity contribution in [1.29, 1.82) is 0 Å². The largest absolute Gasteiger partial charge is 0.513 e. The number of aliphatic hydroxyl groups excluding tert-OH is 1. The lowest BCUT2D eigenvalue weighted by Crippen LogP contribution is -2.45. The molecule has 1 N–H and O–H groups in total. The standard InChI is InChI=1S/C31H48FNO/c1-24(34)21-27-15-16-31(30(22-27)28-13-8-14-29(32)23-28)33(19-17-25-9-4-2-5-10-25)20-18-26-11-6-3-7-12-26/h8,13-14,23,25-27,30-31,34H,1-7,9-12,15-22H2/t27-,30-,31+/m0/s1. The van der Waals surface area contributed by atoms with Crippen LogP contribution in [0.5, 0.6) is 0 Å². The second-order valence-corrected chi connectivity index (χ2v) is 11.8. The van der Waals surface area contributed by atoms with Crippen molar-refractivity contribution < 1.29 is 9.50 Å². The van der Waals surface area contributed by atoms with Crippen molar-refractivity contribution >= 4 is 0 Å². The summed E-state index contributed by atoms with van der Waals surface area (Å²) < 4.78 is 14.3. The van der Waals surface area contributed by atoms with E-state index < -0.39 is 0 Å². The third-order valence-electron chi connectivity index (χ3n) is 9.29. The van der Waals surface area contributed by atoms with Crippen LogP contribution in [0.4, 0.5) is 4.39 Å². The molecule has 190 valence electrons. The van der Waals surface area contributed by atoms with Gasteiger partial charge >= 0.3 is 0 Å². The summed E-state index contributed by atoms with van der Waals surface area (Å²) in [6, 6.07) is 7.84. The first-order valence-electron chi connectivity index (χ1n) is 14.4. The van der Waals surface area contributed by atoms with Gasteiger partial charge in [0.05, 0.1) is 5.76 Å². The normalized spacial score (nSPS) is 27.2. The second-order valence-electron chi connectivity index (χ2n) is 11.8. The molecular formula is C31H48FNO. The lowest BCUT2D eigenvalue weighted by atomic mass is 9.72. The van der Waals surface area contributed by atoms with Crippen molar-refractivity contribution in [2.24, 2.45) is 17.8 Å². The molecule has 0 amide bonds. The fourth-order valence-corrected chi connectivity index (χ4v) is 7.38. The smallest absolute Gasteiger partial charge is 0.123 e. The van der Waals surface area contributed by atoms with Gasteiger partial charge in [0.15, 0.2) is 0 Å². The molecule has 3 aliphatic carbocycles. The molecule has 1 aromatic carbocycles. The summed E-state index contributed by atoms with van der Waals surface area (Å²) in [5, 5.41) is 9.87. The number of nitrogens with zero attached hydrogens (tertiary/aromatic N) is 1. The maximum atomic E-state index is 14.3. The Bertz CT molecular complexity index is 730. The Labute approximate surface area is 208 Å². The Balaban J connectivity index is 1.50. The summed E-state index contributed by atoms with van der Waals surface area (Å²) in [6.45, 7) is 6.16. The molecule has 3 aliphatic rings. The van der Waals surface area contributed by atoms with Crippen molar-refractivity contribution in [2.45, 2.75) is 115 Å². The van der Waals surface area contributed by atoms with Crippen LogP contribution in [0.15, 0.2) is 36.6 Å². The first-order valence-corrected chi connectivity index (χ1v) is 14.4. The zero-order valence-electron chi connectivity index (χ0n) is 21.4. The van der Waals surface area contributed by atoms with Gasteiger partial charge in [-0.25, -0.2) is 4.39 Å². The molecular weight excluding hydrogens is 421 g/mol. The van der Waals surface area contributed by atoms with Gasteiger partial charge in [0.25, 0.3) is 0 Å². The molecule has 0 aromatic heterocycles. The van der Waals surface area contributed by atoms with Crippen molar-refractivity contribution in [1.82, 2.24) is 4.90 Å². The lowest BCUT2D eigenvalue weighted by molar-refractivity contribution is 0.0935. The van der Waals surface area contributed by atoms with Crippen LogP contribution in [0.25, 0.3) is 0 Å². The maximum absolute atomic E-state index is 14.3. The summed E-state index contributed by atoms with van der Waals surface area (Å²) in [5.74, 6) is 2.75. The van der Waals surface area contributed by atoms with E-state index in [0.29, 0.717) is 30.1 Å². The van der Waals surface area contributed by atoms with Gasteiger partial charge in [-0.2, -0.15) is 0 Å². The van der Waals surface area contributed by atoms with E-state index in [0.717, 1.165) is 36.7 Å². The minimum absolute atomic E-state index is 0.124. The highest BCUT2D eigenvalue weighted by Crippen LogP contribution is 2.42. The fraction of sp³-hybridized carbons (Fsp3) is 0.742. The molecule has 34 heavy (non-hydrogen) atoms. The molecule has 3 saturated carbocycles. The predicted octanol–water partition coefficient (Wildman–Crippen LogP) is 8.78. The summed E-state index contributed by atoms with van der Waals surface area (Å²) in [4.78, 5) is 2.84. The number of hydrogen-bond donors (Lipinski definition) is 1. The van der Waals surface area contributed by atoms with Crippen LogP contribution in [0.2, 0.25) is 0 Å². The molecule has 2 nitrogen and oxygen atoms in total. The predicted molar refractivity (Wildman–Crippen MR) is 141 cm³/mol. The average molecular weight is 470 g/mol. The Morgan fingerprint density at radius 1 is 0.853 bits per heavy atom. The van der Waals surface area contributed by atoms with Crippen LogP contribution in [0.3, 0.4) is 0 Å². The summed E-state index contributed by atoms with van der Waals surface area (Å²) >= 11 is 0. The van der Waals surface area contributed by atoms with Gasteiger partial charge in [0.2, 0.25) is 0 Å². The number of benzene rings is 1. The molecule has 0 bridgehead atoms. The van der Waals surface area contributed by atoms with Crippen molar-refractivity contribution in [2.75, 3.05) is 13.1 Å². The van der Waals surface area contributed by atoms with Crippen LogP contribution in [-0.4, -0.2) is 29.1 Å². The van der Waals surface area contributed by atoms with E-state index in [-0.39, 0.29) is 5.82 Å². The van der Waals surface area contributed by atoms with Gasteiger partial charge in [-0.3, -0.25) is 4.90 Å². The van der Waals surface area contributed by atoms with Crippen LogP contribution < -0.4 is 0 Å². The maximum Gasteiger partial charge on any atom is 0.123 e. The van der Waals surface area contributed by atoms with Crippen LogP contribution in [0, 0.1) is 23.6 Å². The third-order valence-corrected chi connectivity index (χ3v) is 9.29. The quantitative estimate of drug-likeness (QED) is 0.346. The highest BCUT2D eigenvalue weighted by atomic mass is 19.1. The van der Waals surface area contributed by atoms with Gasteiger partial charge in [0, 0.05) is 12.5 Å². The topological polar surface area (TPSA) is 23.5 Å². The highest BCUT2D eigenvalue weighted by molar-refractivity contribution is 5.23. The van der Waals surface area contributed by atoms with E-state index in [1.165, 1.54) is 90.1 Å². The molecule has 1 aromatic rings. The Kier molecular flexibility index (Phi) is 9.91. The van der Waals surface area contributed by atoms with Crippen molar-refractivity contribution in [3.63, 3.8) is 0 Å². The number of halogens is 1. The van der Waals surface area contributed by atoms with Gasteiger partial charge in [-0.1, -0.05) is 82.9 Å². The van der Waals surface area contributed by atoms with E-state index >= 15 is 0 Å². The Morgan fingerprint density at radius 3 is 2.03 bits per heavy atom. The lowest BCUT2D eigenvalue weighted by Gasteiger charge is -2.44. The second kappa shape index (κ2) is 13.1. The highest BCUT2D eigenvalue weighted by Gasteiger charge is 2.36. The third kappa shape index (κ3) is 7.57. The van der Waals surface area contributed by atoms with Gasteiger partial charge in [0.1, 0.15) is 5.82 Å². The van der Waals surface area contributed by atoms with Crippen molar-refractivity contribution in [3.8, 4) is 0 Å². The van der Waals surface area contributed by atoms with Crippen LogP contribution in [-0.2, 0) is 0 Å². The minimum Gasteiger partial charge on any atom is -0.513 e. The molecule has 0 radical (unpaired) electrons. The molecule has 3 heteroatoms. The van der Waals surface area contributed by atoms with Gasteiger partial charge in [-0.05, 0) is 86.6 Å². The van der Waals surface area contributed by atoms with E-state index in [4.69, 9.17) is 0 Å². The molecule has 0 unspecified atom stereocenters. The Hall–Kier alpha value is -1.35. The SMILES string of the molecule is C=C(O)C[C@@H]1CC[C@@H](N(CCC2CCCCC2)CCC2CCCCC2)[C@H](c2cccc(F)c2)C1. The summed E-state index contributed by atoms with van der Waals surface area (Å²) in [5.41, 5.74) is 1.15. The average Bonchev–Trinajstić information content (AvgIpc) is 2.85. The first-order chi connectivity index (χ1) is 16.6. The number of aliphatic hydroxyl groups is 1. The van der Waals surface area contributed by atoms with E-state index in [1.807, 2.05) is 6.07 Å². The zero-order chi connectivity index (χ0) is 23.8. The Morgan fingerprint density at radius 2 is 1.47 bits per heavy atom. The molecule has 0 aliphatic heterocycles. The first kappa shape index (κ1) is 25.7. The van der Waals surface area contributed by atoms with E-state index in [9.17, 15) is 9.50 Å². The number of allylic oxidation sites excluding steroid dienone is 1. The zero-order valence-corrected chi connectivity index (χ0v) is 21.4. The van der Waals surface area contributed by atoms with Crippen molar-refractivity contribution in [3.05, 3.63) is 48.0 Å². The van der Waals surface area contributed by atoms with E-state index in [2.05, 4.69) is 17.5 Å². The molecule has 0 saturated heterocycles. The van der Waals surface area contributed by atoms with E-state index in [1.54, 1.807) is 12.1 Å². The van der Waals surface area contributed by atoms with Crippen LogP contribution in [0.1, 0.15) is 114 Å². The molecule has 4 rings (SSSR count). The molecule has 0 spiro atoms. The minimum atomic E-state index is -0.124. The number of hydrogen-bond acceptors (Lipinski definition) is 2. The summed E-state index contributed by atoms with van der Waals surface area (Å²) in [6.07, 6.45) is 20.8. The molecule has 3 atom stereocenters. The number of rotatable bonds is 10. The van der Waals surface area contributed by atoms with Crippen LogP contribution >= 0.6 is 0 Å².